The predicted octanol–water partition coefficient (Wildman–Crippen LogP) is 4.30. The van der Waals surface area contributed by atoms with E-state index in [1.165, 1.54) is 6.07 Å². The van der Waals surface area contributed by atoms with Gasteiger partial charge in [0.05, 0.1) is 10.7 Å². The number of benzene rings is 2. The average molecular weight is 279 g/mol. The topological polar surface area (TPSA) is 38.0 Å². The van der Waals surface area contributed by atoms with Gasteiger partial charge in [-0.15, -0.1) is 0 Å². The molecular weight excluding hydrogens is 263 g/mol. The molecule has 3 N–H and O–H groups in total. The van der Waals surface area contributed by atoms with Crippen molar-refractivity contribution in [3.63, 3.8) is 0 Å². The maximum atomic E-state index is 13.7. The highest BCUT2D eigenvalue weighted by Crippen LogP contribution is 2.31. The van der Waals surface area contributed by atoms with Crippen LogP contribution in [0.4, 0.5) is 15.8 Å². The fraction of sp³-hybridized carbons (Fsp3) is 0.200. The Hall–Kier alpha value is -1.58. The fourth-order valence-electron chi connectivity index (χ4n) is 2.09. The van der Waals surface area contributed by atoms with E-state index >= 15 is 0 Å². The number of hydrogen-bond acceptors (Lipinski definition) is 2. The van der Waals surface area contributed by atoms with Crippen LogP contribution in [0.3, 0.4) is 0 Å². The summed E-state index contributed by atoms with van der Waals surface area (Å²) in [5.74, 6) is -0.312. The highest BCUT2D eigenvalue weighted by atomic mass is 35.5. The lowest BCUT2D eigenvalue weighted by molar-refractivity contribution is 0.611. The molecule has 2 aromatic rings. The van der Waals surface area contributed by atoms with E-state index in [9.17, 15) is 4.39 Å². The third-order valence-corrected chi connectivity index (χ3v) is 3.31. The first-order valence-electron chi connectivity index (χ1n) is 6.04. The predicted molar refractivity (Wildman–Crippen MR) is 78.5 cm³/mol. The van der Waals surface area contributed by atoms with Crippen LogP contribution in [0.5, 0.6) is 0 Å². The van der Waals surface area contributed by atoms with Gasteiger partial charge in [-0.2, -0.15) is 0 Å². The summed E-state index contributed by atoms with van der Waals surface area (Å²) in [6.45, 7) is 4.08. The summed E-state index contributed by atoms with van der Waals surface area (Å²) in [4.78, 5) is 0. The second-order valence-electron chi connectivity index (χ2n) is 4.53. The van der Waals surface area contributed by atoms with Crippen LogP contribution in [-0.2, 0) is 6.54 Å². The molecule has 2 aromatic carbocycles. The normalized spacial score (nSPS) is 10.6. The van der Waals surface area contributed by atoms with E-state index < -0.39 is 0 Å². The van der Waals surface area contributed by atoms with E-state index in [0.29, 0.717) is 16.3 Å². The highest BCUT2D eigenvalue weighted by Gasteiger charge is 2.10. The molecule has 0 spiro atoms. The smallest absolute Gasteiger partial charge is 0.129 e. The van der Waals surface area contributed by atoms with Crippen LogP contribution in [0.15, 0.2) is 30.3 Å². The zero-order valence-corrected chi connectivity index (χ0v) is 11.7. The summed E-state index contributed by atoms with van der Waals surface area (Å²) < 4.78 is 13.7. The van der Waals surface area contributed by atoms with Crippen LogP contribution in [0.1, 0.15) is 16.7 Å². The van der Waals surface area contributed by atoms with Gasteiger partial charge in [0.25, 0.3) is 0 Å². The monoisotopic (exact) mass is 278 g/mol. The van der Waals surface area contributed by atoms with E-state index in [0.717, 1.165) is 16.8 Å². The van der Waals surface area contributed by atoms with Crippen molar-refractivity contribution in [1.82, 2.24) is 0 Å². The molecule has 0 aliphatic rings. The SMILES string of the molecule is Cc1cc(C)c(Nc2cccc(F)c2CN)c(Cl)c1. The third-order valence-electron chi connectivity index (χ3n) is 3.01. The van der Waals surface area contributed by atoms with Gasteiger partial charge in [0, 0.05) is 17.8 Å². The first-order chi connectivity index (χ1) is 9.02. The maximum absolute atomic E-state index is 13.7. The van der Waals surface area contributed by atoms with Crippen molar-refractivity contribution in [2.24, 2.45) is 5.73 Å². The molecular formula is C15H16ClFN2. The lowest BCUT2D eigenvalue weighted by Gasteiger charge is -2.15. The van der Waals surface area contributed by atoms with Gasteiger partial charge in [-0.05, 0) is 43.2 Å². The van der Waals surface area contributed by atoms with Gasteiger partial charge in [0.2, 0.25) is 0 Å². The minimum Gasteiger partial charge on any atom is -0.354 e. The molecule has 0 heterocycles. The van der Waals surface area contributed by atoms with Crippen molar-refractivity contribution in [2.45, 2.75) is 20.4 Å². The van der Waals surface area contributed by atoms with E-state index in [1.807, 2.05) is 26.0 Å². The zero-order valence-electron chi connectivity index (χ0n) is 10.9. The van der Waals surface area contributed by atoms with Gasteiger partial charge in [-0.25, -0.2) is 4.39 Å². The summed E-state index contributed by atoms with van der Waals surface area (Å²) >= 11 is 6.23. The largest absolute Gasteiger partial charge is 0.354 e. The van der Waals surface area contributed by atoms with E-state index in [-0.39, 0.29) is 12.4 Å². The molecule has 0 aliphatic heterocycles. The van der Waals surface area contributed by atoms with Crippen molar-refractivity contribution in [3.05, 3.63) is 57.9 Å². The highest BCUT2D eigenvalue weighted by molar-refractivity contribution is 6.33. The van der Waals surface area contributed by atoms with Gasteiger partial charge < -0.3 is 11.1 Å². The molecule has 0 aliphatic carbocycles. The Labute approximate surface area is 117 Å². The lowest BCUT2D eigenvalue weighted by atomic mass is 10.1. The molecule has 0 bridgehead atoms. The molecule has 4 heteroatoms. The molecule has 2 rings (SSSR count). The zero-order chi connectivity index (χ0) is 14.0. The lowest BCUT2D eigenvalue weighted by Crippen LogP contribution is -2.05. The molecule has 0 saturated carbocycles. The van der Waals surface area contributed by atoms with Gasteiger partial charge >= 0.3 is 0 Å². The van der Waals surface area contributed by atoms with Crippen molar-refractivity contribution in [2.75, 3.05) is 5.32 Å². The Morgan fingerprint density at radius 2 is 2.00 bits per heavy atom. The van der Waals surface area contributed by atoms with Crippen LogP contribution in [0, 0.1) is 19.7 Å². The number of rotatable bonds is 3. The quantitative estimate of drug-likeness (QED) is 0.878. The number of aryl methyl sites for hydroxylation is 2. The maximum Gasteiger partial charge on any atom is 0.129 e. The summed E-state index contributed by atoms with van der Waals surface area (Å²) in [6.07, 6.45) is 0. The minimum absolute atomic E-state index is 0.136. The molecule has 0 saturated heterocycles. The molecule has 0 fully saturated rings. The average Bonchev–Trinajstić information content (AvgIpc) is 2.34. The Balaban J connectivity index is 2.45. The molecule has 0 amide bonds. The molecule has 19 heavy (non-hydrogen) atoms. The van der Waals surface area contributed by atoms with Gasteiger partial charge in [-0.3, -0.25) is 0 Å². The second-order valence-corrected chi connectivity index (χ2v) is 4.94. The van der Waals surface area contributed by atoms with Crippen molar-refractivity contribution >= 4 is 23.0 Å². The van der Waals surface area contributed by atoms with Crippen LogP contribution < -0.4 is 11.1 Å². The molecule has 0 atom stereocenters. The Morgan fingerprint density at radius 3 is 2.63 bits per heavy atom. The summed E-state index contributed by atoms with van der Waals surface area (Å²) in [5, 5.41) is 3.79. The standard InChI is InChI=1S/C15H16ClFN2/c1-9-6-10(2)15(12(16)7-9)19-14-5-3-4-13(17)11(14)8-18/h3-7,19H,8,18H2,1-2H3. The Kier molecular flexibility index (Phi) is 4.08. The molecule has 0 radical (unpaired) electrons. The molecule has 0 aromatic heterocycles. The second kappa shape index (κ2) is 5.59. The summed E-state index contributed by atoms with van der Waals surface area (Å²) in [7, 11) is 0. The van der Waals surface area contributed by atoms with Gasteiger partial charge in [0.15, 0.2) is 0 Å². The van der Waals surface area contributed by atoms with Crippen molar-refractivity contribution in [1.29, 1.82) is 0 Å². The number of hydrogen-bond donors (Lipinski definition) is 2. The van der Waals surface area contributed by atoms with Gasteiger partial charge in [-0.1, -0.05) is 23.7 Å². The molecule has 0 unspecified atom stereocenters. The third kappa shape index (κ3) is 2.88. The Bertz CT molecular complexity index is 588. The summed E-state index contributed by atoms with van der Waals surface area (Å²) in [5.41, 5.74) is 9.58. The number of halogens is 2. The molecule has 2 nitrogen and oxygen atoms in total. The van der Waals surface area contributed by atoms with Gasteiger partial charge in [0.1, 0.15) is 5.82 Å². The first kappa shape index (κ1) is 13.8. The summed E-state index contributed by atoms with van der Waals surface area (Å²) in [6, 6.07) is 8.74. The van der Waals surface area contributed by atoms with E-state index in [1.54, 1.807) is 12.1 Å². The number of nitrogens with one attached hydrogen (secondary N) is 1. The molecule has 100 valence electrons. The minimum atomic E-state index is -0.312. The van der Waals surface area contributed by atoms with Crippen LogP contribution in [0.25, 0.3) is 0 Å². The fourth-order valence-corrected chi connectivity index (χ4v) is 2.46. The number of anilines is 2. The van der Waals surface area contributed by atoms with Crippen molar-refractivity contribution in [3.8, 4) is 0 Å². The van der Waals surface area contributed by atoms with E-state index in [2.05, 4.69) is 5.32 Å². The number of nitrogens with two attached hydrogens (primary N) is 1. The first-order valence-corrected chi connectivity index (χ1v) is 6.42. The van der Waals surface area contributed by atoms with E-state index in [4.69, 9.17) is 17.3 Å². The van der Waals surface area contributed by atoms with Crippen LogP contribution in [-0.4, -0.2) is 0 Å². The van der Waals surface area contributed by atoms with Crippen molar-refractivity contribution < 1.29 is 4.39 Å². The van der Waals surface area contributed by atoms with Crippen LogP contribution >= 0.6 is 11.6 Å². The van der Waals surface area contributed by atoms with Crippen LogP contribution in [0.2, 0.25) is 5.02 Å². The Morgan fingerprint density at radius 1 is 1.26 bits per heavy atom.